The number of benzene rings is 2. The molecule has 27 heavy (non-hydrogen) atoms. The molecule has 1 saturated carbocycles. The molecule has 3 nitrogen and oxygen atoms in total. The van der Waals surface area contributed by atoms with Crippen molar-refractivity contribution in [2.24, 2.45) is 11.7 Å². The van der Waals surface area contributed by atoms with Crippen molar-refractivity contribution in [1.29, 1.82) is 0 Å². The number of likely N-dealkylation sites (tertiary alicyclic amines) is 1. The number of carbonyl (C=O) groups excluding carboxylic acids is 1. The molecule has 2 N–H and O–H groups in total. The summed E-state index contributed by atoms with van der Waals surface area (Å²) < 4.78 is 0. The molecular weight excluding hydrogens is 356 g/mol. The Kier molecular flexibility index (Phi) is 5.92. The highest BCUT2D eigenvalue weighted by Crippen LogP contribution is 2.49. The minimum atomic E-state index is 0. The quantitative estimate of drug-likeness (QED) is 0.854. The molecule has 4 rings (SSSR count). The van der Waals surface area contributed by atoms with Gasteiger partial charge in [0.1, 0.15) is 0 Å². The second kappa shape index (κ2) is 8.04. The fourth-order valence-corrected chi connectivity index (χ4v) is 4.26. The van der Waals surface area contributed by atoms with Gasteiger partial charge in [-0.15, -0.1) is 12.4 Å². The number of halogens is 1. The Morgan fingerprint density at radius 2 is 1.59 bits per heavy atom. The van der Waals surface area contributed by atoms with E-state index in [1.165, 1.54) is 16.7 Å². The van der Waals surface area contributed by atoms with E-state index in [4.69, 9.17) is 5.73 Å². The zero-order chi connectivity index (χ0) is 18.3. The molecule has 0 bridgehead atoms. The van der Waals surface area contributed by atoms with Crippen LogP contribution in [-0.2, 0) is 4.79 Å². The molecule has 4 heteroatoms. The van der Waals surface area contributed by atoms with Gasteiger partial charge in [0.2, 0.25) is 5.91 Å². The third-order valence-electron chi connectivity index (χ3n) is 6.04. The first-order valence-electron chi connectivity index (χ1n) is 9.73. The van der Waals surface area contributed by atoms with Crippen LogP contribution in [0.5, 0.6) is 0 Å². The number of nitrogens with two attached hydrogens (primary N) is 1. The first-order valence-corrected chi connectivity index (χ1v) is 9.73. The van der Waals surface area contributed by atoms with Crippen molar-refractivity contribution in [3.05, 3.63) is 71.3 Å². The molecule has 1 heterocycles. The Labute approximate surface area is 168 Å². The SMILES string of the molecule is CC(C)c1ccc(C2CC2C(=O)N2C[C@@H](N)[C@H](c3ccccc3)C2)cc1.Cl. The number of hydrogen-bond acceptors (Lipinski definition) is 2. The molecule has 1 aliphatic carbocycles. The topological polar surface area (TPSA) is 46.3 Å². The minimum Gasteiger partial charge on any atom is -0.340 e. The van der Waals surface area contributed by atoms with E-state index in [0.717, 1.165) is 13.0 Å². The van der Waals surface area contributed by atoms with Crippen LogP contribution in [0.3, 0.4) is 0 Å². The lowest BCUT2D eigenvalue weighted by molar-refractivity contribution is -0.131. The number of hydrogen-bond donors (Lipinski definition) is 1. The summed E-state index contributed by atoms with van der Waals surface area (Å²) in [5.41, 5.74) is 10.3. The first kappa shape index (κ1) is 19.9. The monoisotopic (exact) mass is 384 g/mol. The van der Waals surface area contributed by atoms with Crippen LogP contribution in [0.1, 0.15) is 54.7 Å². The highest BCUT2D eigenvalue weighted by atomic mass is 35.5. The molecule has 2 aliphatic rings. The van der Waals surface area contributed by atoms with E-state index in [2.05, 4.69) is 50.2 Å². The lowest BCUT2D eigenvalue weighted by Crippen LogP contribution is -2.33. The smallest absolute Gasteiger partial charge is 0.226 e. The molecule has 2 unspecified atom stereocenters. The summed E-state index contributed by atoms with van der Waals surface area (Å²) in [5.74, 6) is 1.61. The summed E-state index contributed by atoms with van der Waals surface area (Å²) in [4.78, 5) is 15.0. The zero-order valence-electron chi connectivity index (χ0n) is 16.0. The fourth-order valence-electron chi connectivity index (χ4n) is 4.26. The Morgan fingerprint density at radius 1 is 0.963 bits per heavy atom. The summed E-state index contributed by atoms with van der Waals surface area (Å²) in [5, 5.41) is 0. The van der Waals surface area contributed by atoms with E-state index in [1.807, 2.05) is 23.1 Å². The number of carbonyl (C=O) groups is 1. The fraction of sp³-hybridized carbons (Fsp3) is 0.435. The van der Waals surface area contributed by atoms with Crippen LogP contribution in [0, 0.1) is 5.92 Å². The van der Waals surface area contributed by atoms with Gasteiger partial charge >= 0.3 is 0 Å². The van der Waals surface area contributed by atoms with Gasteiger partial charge in [-0.2, -0.15) is 0 Å². The normalized spacial score (nSPS) is 26.7. The molecule has 1 saturated heterocycles. The molecule has 1 amide bonds. The van der Waals surface area contributed by atoms with Gasteiger partial charge in [-0.1, -0.05) is 68.4 Å². The van der Waals surface area contributed by atoms with Gasteiger partial charge in [0.05, 0.1) is 0 Å². The van der Waals surface area contributed by atoms with Crippen molar-refractivity contribution in [3.63, 3.8) is 0 Å². The van der Waals surface area contributed by atoms with Gasteiger partial charge < -0.3 is 10.6 Å². The lowest BCUT2D eigenvalue weighted by Gasteiger charge is -2.17. The predicted octanol–water partition coefficient (Wildman–Crippen LogP) is 4.29. The van der Waals surface area contributed by atoms with E-state index < -0.39 is 0 Å². The highest BCUT2D eigenvalue weighted by molar-refractivity contribution is 5.85. The number of nitrogens with zero attached hydrogens (tertiary/aromatic N) is 1. The maximum atomic E-state index is 13.0. The molecule has 0 radical (unpaired) electrons. The lowest BCUT2D eigenvalue weighted by atomic mass is 9.95. The van der Waals surface area contributed by atoms with Crippen LogP contribution in [0.25, 0.3) is 0 Å². The van der Waals surface area contributed by atoms with Crippen LogP contribution in [-0.4, -0.2) is 29.9 Å². The summed E-state index contributed by atoms with van der Waals surface area (Å²) in [6, 6.07) is 19.2. The maximum absolute atomic E-state index is 13.0. The van der Waals surface area contributed by atoms with E-state index in [1.54, 1.807) is 0 Å². The van der Waals surface area contributed by atoms with Crippen molar-refractivity contribution in [3.8, 4) is 0 Å². The number of rotatable bonds is 4. The molecular formula is C23H29ClN2O. The van der Waals surface area contributed by atoms with Crippen molar-refractivity contribution >= 4 is 18.3 Å². The van der Waals surface area contributed by atoms with E-state index in [9.17, 15) is 4.79 Å². The summed E-state index contributed by atoms with van der Waals surface area (Å²) in [7, 11) is 0. The van der Waals surface area contributed by atoms with Crippen LogP contribution in [0.4, 0.5) is 0 Å². The third-order valence-corrected chi connectivity index (χ3v) is 6.04. The van der Waals surface area contributed by atoms with Gasteiger partial charge in [0, 0.05) is 31.0 Å². The Hall–Kier alpha value is -1.84. The average molecular weight is 385 g/mol. The first-order chi connectivity index (χ1) is 12.5. The van der Waals surface area contributed by atoms with Gasteiger partial charge in [-0.3, -0.25) is 4.79 Å². The van der Waals surface area contributed by atoms with Crippen LogP contribution in [0.15, 0.2) is 54.6 Å². The Morgan fingerprint density at radius 3 is 2.22 bits per heavy atom. The predicted molar refractivity (Wildman–Crippen MR) is 112 cm³/mol. The van der Waals surface area contributed by atoms with E-state index in [-0.39, 0.29) is 36.2 Å². The molecule has 2 fully saturated rings. The summed E-state index contributed by atoms with van der Waals surface area (Å²) >= 11 is 0. The largest absolute Gasteiger partial charge is 0.340 e. The molecule has 4 atom stereocenters. The average Bonchev–Trinajstić information content (AvgIpc) is 3.37. The second-order valence-corrected chi connectivity index (χ2v) is 8.19. The van der Waals surface area contributed by atoms with Crippen molar-refractivity contribution in [2.75, 3.05) is 13.1 Å². The third kappa shape index (κ3) is 4.04. The van der Waals surface area contributed by atoms with Crippen LogP contribution >= 0.6 is 12.4 Å². The number of amides is 1. The standard InChI is InChI=1S/C23H28N2O.ClH/c1-15(2)16-8-10-18(11-9-16)19-12-20(19)23(26)25-13-21(22(24)14-25)17-6-4-3-5-7-17;/h3-11,15,19-22H,12-14,24H2,1-2H3;1H/t19?,20?,21-,22+;/m0./s1. The molecule has 2 aromatic carbocycles. The maximum Gasteiger partial charge on any atom is 0.226 e. The van der Waals surface area contributed by atoms with Gasteiger partial charge in [-0.25, -0.2) is 0 Å². The summed E-state index contributed by atoms with van der Waals surface area (Å²) in [6.07, 6.45) is 0.974. The molecule has 2 aromatic rings. The molecule has 0 spiro atoms. The minimum absolute atomic E-state index is 0. The molecule has 144 valence electrons. The van der Waals surface area contributed by atoms with Crippen molar-refractivity contribution in [2.45, 2.75) is 44.1 Å². The second-order valence-electron chi connectivity index (χ2n) is 8.19. The van der Waals surface area contributed by atoms with Gasteiger partial charge in [0.15, 0.2) is 0 Å². The van der Waals surface area contributed by atoms with Gasteiger partial charge in [-0.05, 0) is 34.9 Å². The van der Waals surface area contributed by atoms with Gasteiger partial charge in [0.25, 0.3) is 0 Å². The highest BCUT2D eigenvalue weighted by Gasteiger charge is 2.47. The van der Waals surface area contributed by atoms with Crippen LogP contribution < -0.4 is 5.73 Å². The van der Waals surface area contributed by atoms with Crippen molar-refractivity contribution in [1.82, 2.24) is 4.90 Å². The molecule has 1 aliphatic heterocycles. The van der Waals surface area contributed by atoms with Crippen molar-refractivity contribution < 1.29 is 4.79 Å². The summed E-state index contributed by atoms with van der Waals surface area (Å²) in [6.45, 7) is 5.84. The Bertz CT molecular complexity index is 775. The van der Waals surface area contributed by atoms with E-state index >= 15 is 0 Å². The molecule has 0 aromatic heterocycles. The zero-order valence-corrected chi connectivity index (χ0v) is 16.9. The van der Waals surface area contributed by atoms with E-state index in [0.29, 0.717) is 18.4 Å². The van der Waals surface area contributed by atoms with Crippen LogP contribution in [0.2, 0.25) is 0 Å². The Balaban J connectivity index is 0.00000210.